The van der Waals surface area contributed by atoms with Crippen molar-refractivity contribution in [3.05, 3.63) is 140 Å². The van der Waals surface area contributed by atoms with Gasteiger partial charge < -0.3 is 19.0 Å². The predicted molar refractivity (Wildman–Crippen MR) is 188 cm³/mol. The number of ether oxygens (including phenoxy) is 1. The molecule has 1 aliphatic rings. The zero-order chi connectivity index (χ0) is 29.9. The maximum atomic E-state index is 6.86. The van der Waals surface area contributed by atoms with Crippen LogP contribution in [-0.2, 0) is 0 Å². The first-order valence-electron chi connectivity index (χ1n) is 15.6. The highest BCUT2D eigenvalue weighted by Gasteiger charge is 2.30. The molecule has 1 aliphatic heterocycles. The van der Waals surface area contributed by atoms with Crippen molar-refractivity contribution in [2.75, 3.05) is 5.32 Å². The van der Waals surface area contributed by atoms with E-state index >= 15 is 0 Å². The van der Waals surface area contributed by atoms with Gasteiger partial charge in [0.1, 0.15) is 11.2 Å². The van der Waals surface area contributed by atoms with Gasteiger partial charge in [0.05, 0.1) is 33.1 Å². The quantitative estimate of drug-likeness (QED) is 0.217. The highest BCUT2D eigenvalue weighted by Crippen LogP contribution is 2.48. The Morgan fingerprint density at radius 1 is 0.500 bits per heavy atom. The number of furan rings is 1. The molecule has 0 amide bonds. The molecule has 11 rings (SSSR count). The summed E-state index contributed by atoms with van der Waals surface area (Å²) in [6, 6.07) is 49.5. The summed E-state index contributed by atoms with van der Waals surface area (Å²) in [5.41, 5.74) is 8.40. The fourth-order valence-corrected chi connectivity index (χ4v) is 7.81. The molecular weight excluding hydrogens is 566 g/mol. The van der Waals surface area contributed by atoms with Gasteiger partial charge in [-0.1, -0.05) is 84.9 Å². The Bertz CT molecular complexity index is 2840. The van der Waals surface area contributed by atoms with Crippen LogP contribution in [0.2, 0.25) is 0 Å². The lowest BCUT2D eigenvalue weighted by atomic mass is 10.0. The van der Waals surface area contributed by atoms with Crippen LogP contribution in [0.15, 0.2) is 144 Å². The fraction of sp³-hybridized carbons (Fsp3) is 0.0244. The van der Waals surface area contributed by atoms with Crippen molar-refractivity contribution in [3.8, 4) is 11.4 Å². The van der Waals surface area contributed by atoms with Crippen LogP contribution in [0.4, 0.5) is 5.69 Å². The molecule has 0 radical (unpaired) electrons. The van der Waals surface area contributed by atoms with Crippen LogP contribution in [0, 0.1) is 0 Å². The van der Waals surface area contributed by atoms with Crippen molar-refractivity contribution >= 4 is 82.0 Å². The number of rotatable bonds is 2. The Morgan fingerprint density at radius 2 is 1.20 bits per heavy atom. The van der Waals surface area contributed by atoms with Gasteiger partial charge >= 0.3 is 0 Å². The highest BCUT2D eigenvalue weighted by atomic mass is 16.5. The Hall–Kier alpha value is -6.20. The minimum absolute atomic E-state index is 0.436. The predicted octanol–water partition coefficient (Wildman–Crippen LogP) is 10.9. The van der Waals surface area contributed by atoms with E-state index in [4.69, 9.17) is 9.15 Å². The van der Waals surface area contributed by atoms with Crippen LogP contribution in [0.25, 0.3) is 82.0 Å². The molecule has 0 saturated carbocycles. The molecule has 5 nitrogen and oxygen atoms in total. The SMILES string of the molecule is c1ccc2c(c1)ccc1c2c2cc(-n3c4ccccc4c4ccccc43)ccc2n1C1Nc2ccc3oc4ccccc4c3c2O1. The summed E-state index contributed by atoms with van der Waals surface area (Å²) in [5.74, 6) is 0.824. The van der Waals surface area contributed by atoms with E-state index in [1.807, 2.05) is 24.3 Å². The number of para-hydroxylation sites is 3. The van der Waals surface area contributed by atoms with Crippen molar-refractivity contribution in [1.82, 2.24) is 9.13 Å². The first kappa shape index (κ1) is 24.2. The van der Waals surface area contributed by atoms with E-state index in [1.54, 1.807) is 0 Å². The van der Waals surface area contributed by atoms with Gasteiger partial charge in [-0.05, 0) is 65.4 Å². The summed E-state index contributed by atoms with van der Waals surface area (Å²) in [6.07, 6.45) is -0.436. The Morgan fingerprint density at radius 3 is 2.02 bits per heavy atom. The van der Waals surface area contributed by atoms with Crippen LogP contribution in [-0.4, -0.2) is 9.13 Å². The van der Waals surface area contributed by atoms with Crippen LogP contribution in [0.3, 0.4) is 0 Å². The van der Waals surface area contributed by atoms with E-state index in [0.717, 1.165) is 50.1 Å². The summed E-state index contributed by atoms with van der Waals surface area (Å²) >= 11 is 0. The zero-order valence-electron chi connectivity index (χ0n) is 24.6. The molecular formula is C41H25N3O2. The van der Waals surface area contributed by atoms with Crippen molar-refractivity contribution in [1.29, 1.82) is 0 Å². The van der Waals surface area contributed by atoms with Crippen LogP contribution in [0.5, 0.6) is 5.75 Å². The lowest BCUT2D eigenvalue weighted by molar-refractivity contribution is 0.195. The summed E-state index contributed by atoms with van der Waals surface area (Å²) in [7, 11) is 0. The fourth-order valence-electron chi connectivity index (χ4n) is 7.81. The third kappa shape index (κ3) is 3.09. The van der Waals surface area contributed by atoms with Crippen molar-refractivity contribution in [2.24, 2.45) is 0 Å². The molecule has 1 atom stereocenters. The Labute approximate surface area is 262 Å². The van der Waals surface area contributed by atoms with E-state index in [1.165, 1.54) is 43.4 Å². The molecule has 7 aromatic carbocycles. The van der Waals surface area contributed by atoms with Crippen molar-refractivity contribution in [2.45, 2.75) is 6.35 Å². The number of nitrogens with one attached hydrogen (secondary N) is 1. The number of anilines is 1. The van der Waals surface area contributed by atoms with Gasteiger partial charge in [0, 0.05) is 32.6 Å². The van der Waals surface area contributed by atoms with Gasteiger partial charge in [-0.2, -0.15) is 0 Å². The Balaban J connectivity index is 1.18. The number of hydrogen-bond donors (Lipinski definition) is 1. The van der Waals surface area contributed by atoms with E-state index in [0.29, 0.717) is 0 Å². The molecule has 0 aliphatic carbocycles. The maximum Gasteiger partial charge on any atom is 0.255 e. The van der Waals surface area contributed by atoms with E-state index in [9.17, 15) is 0 Å². The lowest BCUT2D eigenvalue weighted by Gasteiger charge is -2.17. The van der Waals surface area contributed by atoms with E-state index in [-0.39, 0.29) is 0 Å². The highest BCUT2D eigenvalue weighted by molar-refractivity contribution is 6.21. The molecule has 0 fully saturated rings. The molecule has 0 bridgehead atoms. The Kier molecular flexibility index (Phi) is 4.57. The molecule has 1 N–H and O–H groups in total. The number of hydrogen-bond acceptors (Lipinski definition) is 3. The third-order valence-corrected chi connectivity index (χ3v) is 9.75. The number of fused-ring (bicyclic) bond motifs is 13. The minimum atomic E-state index is -0.436. The summed E-state index contributed by atoms with van der Waals surface area (Å²) in [5, 5.41) is 13.1. The molecule has 3 aromatic heterocycles. The van der Waals surface area contributed by atoms with Crippen molar-refractivity contribution < 1.29 is 9.15 Å². The molecule has 1 unspecified atom stereocenters. The average Bonchev–Trinajstić information content (AvgIpc) is 3.86. The maximum absolute atomic E-state index is 6.86. The smallest absolute Gasteiger partial charge is 0.255 e. The molecule has 5 heteroatoms. The topological polar surface area (TPSA) is 44.3 Å². The second-order valence-corrected chi connectivity index (χ2v) is 12.2. The van der Waals surface area contributed by atoms with Gasteiger partial charge in [-0.3, -0.25) is 4.57 Å². The second-order valence-electron chi connectivity index (χ2n) is 12.2. The first-order chi connectivity index (χ1) is 22.8. The van der Waals surface area contributed by atoms with Gasteiger partial charge in [-0.25, -0.2) is 0 Å². The summed E-state index contributed by atoms with van der Waals surface area (Å²) in [4.78, 5) is 0. The summed E-state index contributed by atoms with van der Waals surface area (Å²) < 4.78 is 17.7. The minimum Gasteiger partial charge on any atom is -0.456 e. The standard InChI is InChI=1S/C41H25N3O2/c1-2-10-26-24(9-1)17-20-35-38(26)30-23-25(43-32-14-6-3-11-27(32)28-12-4-7-15-33(28)43)18-21-34(30)44(35)41-42-31-19-22-37-39(40(31)46-41)29-13-5-8-16-36(29)45-37/h1-23,41-42H. The molecule has 46 heavy (non-hydrogen) atoms. The average molecular weight is 592 g/mol. The van der Waals surface area contributed by atoms with Gasteiger partial charge in [-0.15, -0.1) is 0 Å². The van der Waals surface area contributed by atoms with Crippen LogP contribution in [0.1, 0.15) is 6.35 Å². The largest absolute Gasteiger partial charge is 0.456 e. The lowest BCUT2D eigenvalue weighted by Crippen LogP contribution is -2.18. The van der Waals surface area contributed by atoms with E-state index in [2.05, 4.69) is 130 Å². The monoisotopic (exact) mass is 591 g/mol. The molecule has 10 aromatic rings. The number of benzene rings is 7. The third-order valence-electron chi connectivity index (χ3n) is 9.75. The van der Waals surface area contributed by atoms with Gasteiger partial charge in [0.2, 0.25) is 0 Å². The van der Waals surface area contributed by atoms with Crippen molar-refractivity contribution in [3.63, 3.8) is 0 Å². The van der Waals surface area contributed by atoms with Crippen LogP contribution < -0.4 is 10.1 Å². The van der Waals surface area contributed by atoms with Gasteiger partial charge in [0.15, 0.2) is 5.75 Å². The second kappa shape index (κ2) is 8.71. The molecule has 0 saturated heterocycles. The summed E-state index contributed by atoms with van der Waals surface area (Å²) in [6.45, 7) is 0. The van der Waals surface area contributed by atoms with Crippen LogP contribution >= 0.6 is 0 Å². The number of aromatic nitrogens is 2. The first-order valence-corrected chi connectivity index (χ1v) is 15.6. The molecule has 0 spiro atoms. The molecule has 4 heterocycles. The normalized spacial score (nSPS) is 14.7. The van der Waals surface area contributed by atoms with Gasteiger partial charge in [0.25, 0.3) is 6.35 Å². The number of nitrogens with zero attached hydrogens (tertiary/aromatic N) is 2. The van der Waals surface area contributed by atoms with E-state index < -0.39 is 6.35 Å². The molecule has 216 valence electrons. The zero-order valence-corrected chi connectivity index (χ0v) is 24.6.